The fourth-order valence-corrected chi connectivity index (χ4v) is 2.67. The van der Waals surface area contributed by atoms with Gasteiger partial charge >= 0.3 is 0 Å². The Morgan fingerprint density at radius 1 is 1.24 bits per heavy atom. The number of rotatable bonds is 7. The third-order valence-corrected chi connectivity index (χ3v) is 4.13. The number of carbonyl (C=O) groups is 1. The molecule has 7 nitrogen and oxygen atoms in total. The van der Waals surface area contributed by atoms with E-state index >= 15 is 0 Å². The quantitative estimate of drug-likeness (QED) is 0.514. The van der Waals surface area contributed by atoms with E-state index in [2.05, 4.69) is 20.4 Å². The van der Waals surface area contributed by atoms with Crippen molar-refractivity contribution < 1.29 is 14.1 Å². The molecular formula is C17H16N4O3S. The van der Waals surface area contributed by atoms with E-state index in [1.54, 1.807) is 31.6 Å². The van der Waals surface area contributed by atoms with Gasteiger partial charge in [0.05, 0.1) is 19.4 Å². The molecule has 0 fully saturated rings. The maximum absolute atomic E-state index is 11.9. The van der Waals surface area contributed by atoms with Crippen LogP contribution in [0.3, 0.4) is 0 Å². The molecule has 0 unspecified atom stereocenters. The lowest BCUT2D eigenvalue weighted by molar-refractivity contribution is -0.118. The second kappa shape index (κ2) is 8.29. The van der Waals surface area contributed by atoms with Crippen molar-refractivity contribution in [1.29, 1.82) is 0 Å². The van der Waals surface area contributed by atoms with Crippen molar-refractivity contribution in [3.63, 3.8) is 0 Å². The highest BCUT2D eigenvalue weighted by Gasteiger charge is 2.09. The first-order valence-electron chi connectivity index (χ1n) is 7.51. The number of amides is 1. The SMILES string of the molecule is COc1cccc(-c2cc(CNC(=O)CSc3ncccn3)no2)c1. The van der Waals surface area contributed by atoms with Gasteiger partial charge in [-0.3, -0.25) is 4.79 Å². The van der Waals surface area contributed by atoms with E-state index in [-0.39, 0.29) is 11.7 Å². The number of hydrogen-bond donors (Lipinski definition) is 1. The molecule has 1 aromatic carbocycles. The van der Waals surface area contributed by atoms with Gasteiger partial charge in [0.1, 0.15) is 11.4 Å². The highest BCUT2D eigenvalue weighted by atomic mass is 32.2. The summed E-state index contributed by atoms with van der Waals surface area (Å²) in [4.78, 5) is 20.0. The predicted octanol–water partition coefficient (Wildman–Crippen LogP) is 2.55. The summed E-state index contributed by atoms with van der Waals surface area (Å²) in [5, 5.41) is 7.34. The molecule has 25 heavy (non-hydrogen) atoms. The summed E-state index contributed by atoms with van der Waals surface area (Å²) >= 11 is 1.28. The van der Waals surface area contributed by atoms with E-state index in [1.165, 1.54) is 11.8 Å². The number of carbonyl (C=O) groups excluding carboxylic acids is 1. The molecule has 0 spiro atoms. The third kappa shape index (κ3) is 4.80. The standard InChI is InChI=1S/C17H16N4O3S/c1-23-14-5-2-4-12(8-14)15-9-13(21-24-15)10-20-16(22)11-25-17-18-6-3-7-19-17/h2-9H,10-11H2,1H3,(H,20,22). The highest BCUT2D eigenvalue weighted by molar-refractivity contribution is 7.99. The van der Waals surface area contributed by atoms with Gasteiger partial charge < -0.3 is 14.6 Å². The van der Waals surface area contributed by atoms with Crippen LogP contribution in [0.5, 0.6) is 5.75 Å². The van der Waals surface area contributed by atoms with Crippen molar-refractivity contribution >= 4 is 17.7 Å². The second-order valence-electron chi connectivity index (χ2n) is 5.01. The predicted molar refractivity (Wildman–Crippen MR) is 93.1 cm³/mol. The molecule has 1 amide bonds. The number of methoxy groups -OCH3 is 1. The van der Waals surface area contributed by atoms with Crippen molar-refractivity contribution in [3.8, 4) is 17.1 Å². The van der Waals surface area contributed by atoms with Gasteiger partial charge in [-0.1, -0.05) is 29.1 Å². The molecule has 0 saturated carbocycles. The maximum atomic E-state index is 11.9. The molecule has 0 bridgehead atoms. The van der Waals surface area contributed by atoms with Crippen molar-refractivity contribution in [2.24, 2.45) is 0 Å². The third-order valence-electron chi connectivity index (χ3n) is 3.25. The Labute approximate surface area is 148 Å². The van der Waals surface area contributed by atoms with Crippen LogP contribution >= 0.6 is 11.8 Å². The zero-order valence-electron chi connectivity index (χ0n) is 13.5. The van der Waals surface area contributed by atoms with Crippen LogP contribution in [-0.2, 0) is 11.3 Å². The summed E-state index contributed by atoms with van der Waals surface area (Å²) in [6.45, 7) is 0.294. The minimum absolute atomic E-state index is 0.122. The van der Waals surface area contributed by atoms with Gasteiger partial charge in [0, 0.05) is 24.0 Å². The Morgan fingerprint density at radius 2 is 2.08 bits per heavy atom. The average molecular weight is 356 g/mol. The zero-order chi connectivity index (χ0) is 17.5. The normalized spacial score (nSPS) is 10.4. The minimum Gasteiger partial charge on any atom is -0.497 e. The summed E-state index contributed by atoms with van der Waals surface area (Å²) in [6, 6.07) is 11.0. The van der Waals surface area contributed by atoms with Gasteiger partial charge in [0.25, 0.3) is 0 Å². The Balaban J connectivity index is 1.52. The highest BCUT2D eigenvalue weighted by Crippen LogP contribution is 2.24. The van der Waals surface area contributed by atoms with E-state index in [0.29, 0.717) is 23.2 Å². The fourth-order valence-electron chi connectivity index (χ4n) is 2.04. The van der Waals surface area contributed by atoms with E-state index in [9.17, 15) is 4.79 Å². The minimum atomic E-state index is -0.122. The molecule has 2 heterocycles. The van der Waals surface area contributed by atoms with E-state index in [1.807, 2.05) is 24.3 Å². The lowest BCUT2D eigenvalue weighted by Gasteiger charge is -2.02. The monoisotopic (exact) mass is 356 g/mol. The summed E-state index contributed by atoms with van der Waals surface area (Å²) in [6.07, 6.45) is 3.28. The summed E-state index contributed by atoms with van der Waals surface area (Å²) in [5.74, 6) is 1.48. The molecular weight excluding hydrogens is 340 g/mol. The van der Waals surface area contributed by atoms with Gasteiger partial charge in [-0.2, -0.15) is 0 Å². The van der Waals surface area contributed by atoms with Crippen LogP contribution in [0.25, 0.3) is 11.3 Å². The molecule has 3 aromatic rings. The number of nitrogens with one attached hydrogen (secondary N) is 1. The molecule has 0 saturated heterocycles. The topological polar surface area (TPSA) is 90.1 Å². The van der Waals surface area contributed by atoms with Crippen LogP contribution in [0, 0.1) is 0 Å². The smallest absolute Gasteiger partial charge is 0.230 e. The number of benzene rings is 1. The van der Waals surface area contributed by atoms with Gasteiger partial charge in [0.15, 0.2) is 10.9 Å². The van der Waals surface area contributed by atoms with E-state index in [0.717, 1.165) is 11.3 Å². The van der Waals surface area contributed by atoms with Gasteiger partial charge in [-0.25, -0.2) is 9.97 Å². The lowest BCUT2D eigenvalue weighted by Crippen LogP contribution is -2.24. The average Bonchev–Trinajstić information content (AvgIpc) is 3.15. The van der Waals surface area contributed by atoms with Crippen molar-refractivity contribution in [2.45, 2.75) is 11.7 Å². The van der Waals surface area contributed by atoms with Crippen LogP contribution < -0.4 is 10.1 Å². The van der Waals surface area contributed by atoms with Gasteiger partial charge in [0.2, 0.25) is 5.91 Å². The van der Waals surface area contributed by atoms with Crippen molar-refractivity contribution in [1.82, 2.24) is 20.4 Å². The number of aromatic nitrogens is 3. The molecule has 3 rings (SSSR count). The van der Waals surface area contributed by atoms with Crippen LogP contribution in [0.4, 0.5) is 0 Å². The molecule has 0 radical (unpaired) electrons. The molecule has 0 aliphatic rings. The Morgan fingerprint density at radius 3 is 2.88 bits per heavy atom. The van der Waals surface area contributed by atoms with Crippen LogP contribution in [0.15, 0.2) is 58.5 Å². The molecule has 0 atom stereocenters. The molecule has 0 aliphatic carbocycles. The van der Waals surface area contributed by atoms with E-state index in [4.69, 9.17) is 9.26 Å². The Hall–Kier alpha value is -2.87. The number of thioether (sulfide) groups is 1. The number of nitrogens with zero attached hydrogens (tertiary/aromatic N) is 3. The van der Waals surface area contributed by atoms with Crippen molar-refractivity contribution in [2.75, 3.05) is 12.9 Å². The molecule has 128 valence electrons. The van der Waals surface area contributed by atoms with Crippen LogP contribution in [0.1, 0.15) is 5.69 Å². The first kappa shape index (κ1) is 17.0. The molecule has 2 aromatic heterocycles. The summed E-state index contributed by atoms with van der Waals surface area (Å²) in [7, 11) is 1.61. The van der Waals surface area contributed by atoms with Crippen LogP contribution in [-0.4, -0.2) is 33.9 Å². The Bertz CT molecular complexity index is 839. The lowest BCUT2D eigenvalue weighted by atomic mass is 10.1. The van der Waals surface area contributed by atoms with Gasteiger partial charge in [-0.15, -0.1) is 0 Å². The molecule has 0 aliphatic heterocycles. The first-order chi connectivity index (χ1) is 12.2. The van der Waals surface area contributed by atoms with Crippen LogP contribution in [0.2, 0.25) is 0 Å². The van der Waals surface area contributed by atoms with Crippen molar-refractivity contribution in [3.05, 3.63) is 54.5 Å². The fraction of sp³-hybridized carbons (Fsp3) is 0.176. The second-order valence-corrected chi connectivity index (χ2v) is 5.95. The first-order valence-corrected chi connectivity index (χ1v) is 8.49. The maximum Gasteiger partial charge on any atom is 0.230 e. The largest absolute Gasteiger partial charge is 0.497 e. The zero-order valence-corrected chi connectivity index (χ0v) is 14.3. The summed E-state index contributed by atoms with van der Waals surface area (Å²) < 4.78 is 10.5. The molecule has 1 N–H and O–H groups in total. The summed E-state index contributed by atoms with van der Waals surface area (Å²) in [5.41, 5.74) is 1.51. The van der Waals surface area contributed by atoms with E-state index < -0.39 is 0 Å². The Kier molecular flexibility index (Phi) is 5.63. The number of ether oxygens (including phenoxy) is 1. The number of hydrogen-bond acceptors (Lipinski definition) is 7. The van der Waals surface area contributed by atoms with Gasteiger partial charge in [-0.05, 0) is 18.2 Å². The molecule has 8 heteroatoms.